The van der Waals surface area contributed by atoms with E-state index in [0.29, 0.717) is 17.9 Å². The molecule has 0 heterocycles. The molecule has 1 aromatic rings. The lowest BCUT2D eigenvalue weighted by atomic mass is 10.1. The van der Waals surface area contributed by atoms with Crippen LogP contribution in [0.15, 0.2) is 18.2 Å². The Morgan fingerprint density at radius 1 is 1.33 bits per heavy atom. The molecule has 1 N–H and O–H groups in total. The molecule has 4 heteroatoms. The Hall–Kier alpha value is -1.71. The second-order valence-electron chi connectivity index (χ2n) is 4.73. The number of rotatable bonds is 6. The van der Waals surface area contributed by atoms with Crippen LogP contribution >= 0.6 is 0 Å². The Morgan fingerprint density at radius 3 is 2.50 bits per heavy atom. The first kappa shape index (κ1) is 14.4. The molecular formula is C14H20O4. The summed E-state index contributed by atoms with van der Waals surface area (Å²) in [5.74, 6) is 0.329. The van der Waals surface area contributed by atoms with E-state index < -0.39 is 12.1 Å². The van der Waals surface area contributed by atoms with E-state index in [0.717, 1.165) is 5.56 Å². The molecule has 0 aromatic heterocycles. The Labute approximate surface area is 108 Å². The molecule has 0 saturated carbocycles. The van der Waals surface area contributed by atoms with Crippen molar-refractivity contribution in [2.24, 2.45) is 5.92 Å². The average molecular weight is 252 g/mol. The average Bonchev–Trinajstić information content (AvgIpc) is 2.29. The zero-order valence-electron chi connectivity index (χ0n) is 11.3. The van der Waals surface area contributed by atoms with Crippen LogP contribution in [0, 0.1) is 12.8 Å². The number of hydrogen-bond acceptors (Lipinski definition) is 3. The summed E-state index contributed by atoms with van der Waals surface area (Å²) in [6.45, 7) is 5.87. The minimum absolute atomic E-state index is 0.252. The fraction of sp³-hybridized carbons (Fsp3) is 0.500. The largest absolute Gasteiger partial charge is 0.493 e. The molecule has 1 atom stereocenters. The Bertz CT molecular complexity index is 412. The van der Waals surface area contributed by atoms with Gasteiger partial charge in [0.2, 0.25) is 0 Å². The zero-order chi connectivity index (χ0) is 13.7. The predicted molar refractivity (Wildman–Crippen MR) is 69.2 cm³/mol. The molecule has 0 saturated heterocycles. The molecule has 0 aliphatic heterocycles. The molecule has 0 fully saturated rings. The summed E-state index contributed by atoms with van der Waals surface area (Å²) in [5.41, 5.74) is 1.04. The van der Waals surface area contributed by atoms with Gasteiger partial charge in [0.1, 0.15) is 0 Å². The van der Waals surface area contributed by atoms with E-state index in [1.807, 2.05) is 32.9 Å². The van der Waals surface area contributed by atoms with Crippen molar-refractivity contribution in [3.63, 3.8) is 0 Å². The standard InChI is InChI=1S/C14H20O4/c1-9(2)7-13(14(15)16)18-11-6-5-10(3)8-12(11)17-4/h5-6,8-9,13H,7H2,1-4H3,(H,15,16)/t13-/m1/s1. The third-order valence-corrected chi connectivity index (χ3v) is 2.55. The second kappa shape index (κ2) is 6.28. The first-order valence-electron chi connectivity index (χ1n) is 5.98. The fourth-order valence-electron chi connectivity index (χ4n) is 1.65. The van der Waals surface area contributed by atoms with Crippen molar-refractivity contribution in [1.29, 1.82) is 0 Å². The zero-order valence-corrected chi connectivity index (χ0v) is 11.3. The number of carboxylic acid groups (broad SMARTS) is 1. The van der Waals surface area contributed by atoms with Crippen LogP contribution in [0.5, 0.6) is 11.5 Å². The van der Waals surface area contributed by atoms with Gasteiger partial charge in [-0.15, -0.1) is 0 Å². The number of ether oxygens (including phenoxy) is 2. The van der Waals surface area contributed by atoms with Crippen molar-refractivity contribution >= 4 is 5.97 Å². The van der Waals surface area contributed by atoms with Crippen molar-refractivity contribution in [1.82, 2.24) is 0 Å². The predicted octanol–water partition coefficient (Wildman–Crippen LogP) is 2.88. The molecule has 0 aliphatic carbocycles. The van der Waals surface area contributed by atoms with Gasteiger partial charge in [0.25, 0.3) is 0 Å². The van der Waals surface area contributed by atoms with Crippen molar-refractivity contribution in [2.75, 3.05) is 7.11 Å². The highest BCUT2D eigenvalue weighted by molar-refractivity contribution is 5.73. The van der Waals surface area contributed by atoms with Crippen LogP contribution in [-0.2, 0) is 4.79 Å². The summed E-state index contributed by atoms with van der Waals surface area (Å²) in [7, 11) is 1.54. The van der Waals surface area contributed by atoms with E-state index in [9.17, 15) is 4.79 Å². The smallest absolute Gasteiger partial charge is 0.344 e. The first-order valence-corrected chi connectivity index (χ1v) is 5.98. The SMILES string of the molecule is COc1cc(C)ccc1O[C@H](CC(C)C)C(=O)O. The number of benzene rings is 1. The highest BCUT2D eigenvalue weighted by Gasteiger charge is 2.22. The Kier molecular flexibility index (Phi) is 5.01. The molecule has 1 aromatic carbocycles. The quantitative estimate of drug-likeness (QED) is 0.845. The molecule has 0 radical (unpaired) electrons. The number of aliphatic carboxylic acids is 1. The van der Waals surface area contributed by atoms with Gasteiger partial charge in [-0.25, -0.2) is 4.79 Å². The van der Waals surface area contributed by atoms with Gasteiger partial charge < -0.3 is 14.6 Å². The summed E-state index contributed by atoms with van der Waals surface area (Å²) >= 11 is 0. The maximum absolute atomic E-state index is 11.1. The summed E-state index contributed by atoms with van der Waals surface area (Å²) in [5, 5.41) is 9.14. The molecular weight excluding hydrogens is 232 g/mol. The first-order chi connectivity index (χ1) is 8.43. The summed E-state index contributed by atoms with van der Waals surface area (Å²) in [4.78, 5) is 11.1. The van der Waals surface area contributed by atoms with E-state index in [1.165, 1.54) is 0 Å². The van der Waals surface area contributed by atoms with Gasteiger partial charge in [-0.2, -0.15) is 0 Å². The molecule has 18 heavy (non-hydrogen) atoms. The fourth-order valence-corrected chi connectivity index (χ4v) is 1.65. The van der Waals surface area contributed by atoms with Gasteiger partial charge in [0.05, 0.1) is 7.11 Å². The molecule has 0 bridgehead atoms. The molecule has 0 unspecified atom stereocenters. The second-order valence-corrected chi connectivity index (χ2v) is 4.73. The highest BCUT2D eigenvalue weighted by Crippen LogP contribution is 2.29. The van der Waals surface area contributed by atoms with Crippen LogP contribution < -0.4 is 9.47 Å². The number of carbonyl (C=O) groups is 1. The minimum Gasteiger partial charge on any atom is -0.493 e. The molecule has 0 spiro atoms. The molecule has 0 aliphatic rings. The highest BCUT2D eigenvalue weighted by atomic mass is 16.5. The third kappa shape index (κ3) is 3.95. The molecule has 4 nitrogen and oxygen atoms in total. The van der Waals surface area contributed by atoms with Crippen LogP contribution in [0.2, 0.25) is 0 Å². The van der Waals surface area contributed by atoms with Gasteiger partial charge in [-0.05, 0) is 37.0 Å². The maximum Gasteiger partial charge on any atom is 0.344 e. The van der Waals surface area contributed by atoms with Crippen LogP contribution in [0.25, 0.3) is 0 Å². The third-order valence-electron chi connectivity index (χ3n) is 2.55. The number of hydrogen-bond donors (Lipinski definition) is 1. The van der Waals surface area contributed by atoms with Gasteiger partial charge >= 0.3 is 5.97 Å². The van der Waals surface area contributed by atoms with E-state index >= 15 is 0 Å². The van der Waals surface area contributed by atoms with E-state index in [-0.39, 0.29) is 5.92 Å². The minimum atomic E-state index is -0.952. The van der Waals surface area contributed by atoms with Crippen molar-refractivity contribution in [3.8, 4) is 11.5 Å². The summed E-state index contributed by atoms with van der Waals surface area (Å²) in [6, 6.07) is 5.43. The van der Waals surface area contributed by atoms with Gasteiger partial charge in [-0.3, -0.25) is 0 Å². The lowest BCUT2D eigenvalue weighted by Crippen LogP contribution is -2.28. The number of carboxylic acids is 1. The van der Waals surface area contributed by atoms with Crippen molar-refractivity contribution in [3.05, 3.63) is 23.8 Å². The monoisotopic (exact) mass is 252 g/mol. The number of aryl methyl sites for hydroxylation is 1. The summed E-state index contributed by atoms with van der Waals surface area (Å²) < 4.78 is 10.7. The van der Waals surface area contributed by atoms with Crippen LogP contribution in [0.4, 0.5) is 0 Å². The van der Waals surface area contributed by atoms with Crippen molar-refractivity contribution < 1.29 is 19.4 Å². The lowest BCUT2D eigenvalue weighted by Gasteiger charge is -2.18. The molecule has 1 rings (SSSR count). The summed E-state index contributed by atoms with van der Waals surface area (Å²) in [6.07, 6.45) is -0.381. The van der Waals surface area contributed by atoms with Crippen LogP contribution in [-0.4, -0.2) is 24.3 Å². The van der Waals surface area contributed by atoms with Crippen molar-refractivity contribution in [2.45, 2.75) is 33.3 Å². The normalized spacial score (nSPS) is 12.3. The van der Waals surface area contributed by atoms with Gasteiger partial charge in [0, 0.05) is 0 Å². The topological polar surface area (TPSA) is 55.8 Å². The molecule has 100 valence electrons. The Balaban J connectivity index is 2.89. The lowest BCUT2D eigenvalue weighted by molar-refractivity contribution is -0.145. The maximum atomic E-state index is 11.1. The van der Waals surface area contributed by atoms with Crippen LogP contribution in [0.1, 0.15) is 25.8 Å². The van der Waals surface area contributed by atoms with E-state index in [4.69, 9.17) is 14.6 Å². The van der Waals surface area contributed by atoms with Crippen LogP contribution in [0.3, 0.4) is 0 Å². The number of methoxy groups -OCH3 is 1. The Morgan fingerprint density at radius 2 is 2.00 bits per heavy atom. The van der Waals surface area contributed by atoms with Gasteiger partial charge in [0.15, 0.2) is 17.6 Å². The van der Waals surface area contributed by atoms with E-state index in [1.54, 1.807) is 13.2 Å². The molecule has 0 amide bonds. The van der Waals surface area contributed by atoms with Gasteiger partial charge in [-0.1, -0.05) is 19.9 Å². The van der Waals surface area contributed by atoms with E-state index in [2.05, 4.69) is 0 Å².